The average molecular weight is 680 g/mol. The summed E-state index contributed by atoms with van der Waals surface area (Å²) in [5, 5.41) is -0.623. The summed E-state index contributed by atoms with van der Waals surface area (Å²) in [5.74, 6) is -0.355. The van der Waals surface area contributed by atoms with E-state index in [1.165, 1.54) is 32.4 Å². The third-order valence-electron chi connectivity index (χ3n) is 6.99. The van der Waals surface area contributed by atoms with Crippen molar-refractivity contribution < 1.29 is 45.8 Å². The normalized spacial score (nSPS) is 12.3. The summed E-state index contributed by atoms with van der Waals surface area (Å²) in [6.07, 6.45) is 0.263. The monoisotopic (exact) mass is 679 g/mol. The number of rotatable bonds is 12. The van der Waals surface area contributed by atoms with Crippen molar-refractivity contribution in [3.63, 3.8) is 0 Å². The Morgan fingerprint density at radius 2 is 1.58 bits per heavy atom. The highest BCUT2D eigenvalue weighted by Crippen LogP contribution is 2.60. The maximum atomic E-state index is 14.3. The molecule has 0 spiro atoms. The van der Waals surface area contributed by atoms with Crippen LogP contribution in [0.25, 0.3) is 11.1 Å². The van der Waals surface area contributed by atoms with E-state index in [1.54, 1.807) is 24.3 Å². The molecule has 45 heavy (non-hydrogen) atoms. The lowest BCUT2D eigenvalue weighted by atomic mass is 10.0. The molecule has 0 saturated carbocycles. The second-order valence-corrected chi connectivity index (χ2v) is 13.9. The number of para-hydroxylation sites is 1. The number of sulfonamides is 1. The maximum absolute atomic E-state index is 14.3. The minimum absolute atomic E-state index is 0.0322. The van der Waals surface area contributed by atoms with Crippen LogP contribution in [0.5, 0.6) is 5.75 Å². The molecule has 0 unspecified atom stereocenters. The van der Waals surface area contributed by atoms with E-state index < -0.39 is 39.8 Å². The molecule has 0 radical (unpaired) electrons. The fourth-order valence-corrected chi connectivity index (χ4v) is 7.06. The van der Waals surface area contributed by atoms with E-state index in [-0.39, 0.29) is 35.7 Å². The molecule has 14 heteroatoms. The summed E-state index contributed by atoms with van der Waals surface area (Å²) in [5.41, 5.74) is -2.59. The zero-order chi connectivity index (χ0) is 33.0. The minimum Gasteiger partial charge on any atom is -0.495 e. The molecular weight excluding hydrogens is 651 g/mol. The Balaban J connectivity index is 1.63. The summed E-state index contributed by atoms with van der Waals surface area (Å²) in [7, 11) is -7.44. The predicted octanol–water partition coefficient (Wildman–Crippen LogP) is 6.46. The number of nitrogens with zero attached hydrogens (tertiary/aromatic N) is 1. The van der Waals surface area contributed by atoms with Gasteiger partial charge < -0.3 is 19.3 Å². The van der Waals surface area contributed by atoms with E-state index in [0.717, 1.165) is 39.2 Å². The molecule has 0 aliphatic rings. The van der Waals surface area contributed by atoms with Gasteiger partial charge >= 0.3 is 19.2 Å². The van der Waals surface area contributed by atoms with Gasteiger partial charge in [0.05, 0.1) is 30.4 Å². The first-order valence-corrected chi connectivity index (χ1v) is 16.8. The number of hydrogen-bond donors (Lipinski definition) is 2. The van der Waals surface area contributed by atoms with Crippen LogP contribution in [0.4, 0.5) is 8.78 Å². The molecule has 0 heterocycles. The van der Waals surface area contributed by atoms with Gasteiger partial charge in [-0.1, -0.05) is 72.3 Å². The van der Waals surface area contributed by atoms with Crippen molar-refractivity contribution in [1.29, 1.82) is 0 Å². The lowest BCUT2D eigenvalue weighted by Crippen LogP contribution is -2.33. The van der Waals surface area contributed by atoms with E-state index in [0.29, 0.717) is 5.56 Å². The van der Waals surface area contributed by atoms with Gasteiger partial charge in [0.2, 0.25) is 10.0 Å². The third kappa shape index (κ3) is 7.61. The van der Waals surface area contributed by atoms with Gasteiger partial charge in [-0.25, -0.2) is 13.2 Å². The van der Waals surface area contributed by atoms with Gasteiger partial charge in [0, 0.05) is 13.1 Å². The zero-order valence-electron chi connectivity index (χ0n) is 24.1. The summed E-state index contributed by atoms with van der Waals surface area (Å²) in [4.78, 5) is 30.0. The predicted molar refractivity (Wildman–Crippen MR) is 165 cm³/mol. The van der Waals surface area contributed by atoms with E-state index in [1.807, 2.05) is 30.3 Å². The number of halogens is 3. The van der Waals surface area contributed by atoms with Crippen molar-refractivity contribution in [3.05, 3.63) is 118 Å². The van der Waals surface area contributed by atoms with Gasteiger partial charge in [-0.2, -0.15) is 13.1 Å². The lowest BCUT2D eigenvalue weighted by Gasteiger charge is -2.24. The Labute approximate surface area is 264 Å². The topological polar surface area (TPSA) is 130 Å². The van der Waals surface area contributed by atoms with E-state index >= 15 is 0 Å². The Kier molecular flexibility index (Phi) is 10.5. The molecule has 4 aromatic carbocycles. The van der Waals surface area contributed by atoms with Crippen LogP contribution < -0.4 is 4.74 Å². The van der Waals surface area contributed by atoms with Gasteiger partial charge in [0.1, 0.15) is 10.6 Å². The van der Waals surface area contributed by atoms with Gasteiger partial charge in [0.25, 0.3) is 0 Å². The first kappa shape index (κ1) is 34.2. The van der Waals surface area contributed by atoms with Crippen LogP contribution in [0, 0.1) is 0 Å². The van der Waals surface area contributed by atoms with Crippen LogP contribution in [0.2, 0.25) is 5.02 Å². The number of benzene rings is 4. The highest BCUT2D eigenvalue weighted by molar-refractivity contribution is 7.89. The highest BCUT2D eigenvalue weighted by Gasteiger charge is 2.51. The smallest absolute Gasteiger partial charge is 0.399 e. The maximum Gasteiger partial charge on any atom is 0.399 e. The van der Waals surface area contributed by atoms with Gasteiger partial charge in [0.15, 0.2) is 0 Å². The van der Waals surface area contributed by atoms with Crippen LogP contribution in [0.15, 0.2) is 95.9 Å². The molecule has 0 fully saturated rings. The van der Waals surface area contributed by atoms with Crippen LogP contribution >= 0.6 is 19.2 Å². The molecule has 0 bridgehead atoms. The summed E-state index contributed by atoms with van der Waals surface area (Å²) in [6, 6.07) is 23.3. The second-order valence-electron chi connectivity index (χ2n) is 9.91. The molecule has 0 aromatic heterocycles. The van der Waals surface area contributed by atoms with E-state index in [4.69, 9.17) is 30.9 Å². The number of alkyl halides is 2. The molecule has 9 nitrogen and oxygen atoms in total. The summed E-state index contributed by atoms with van der Waals surface area (Å²) < 4.78 is 79.0. The van der Waals surface area contributed by atoms with Crippen molar-refractivity contribution >= 4 is 35.2 Å². The first-order valence-electron chi connectivity index (χ1n) is 13.3. The van der Waals surface area contributed by atoms with E-state index in [9.17, 15) is 26.6 Å². The second kappa shape index (κ2) is 13.8. The highest BCUT2D eigenvalue weighted by atomic mass is 35.5. The molecule has 0 saturated heterocycles. The number of ether oxygens (including phenoxy) is 2. The van der Waals surface area contributed by atoms with Crippen molar-refractivity contribution in [2.24, 2.45) is 0 Å². The Morgan fingerprint density at radius 1 is 0.911 bits per heavy atom. The van der Waals surface area contributed by atoms with E-state index in [2.05, 4.69) is 0 Å². The number of carbonyl (C=O) groups excluding carboxylic acids is 1. The van der Waals surface area contributed by atoms with Crippen LogP contribution in [-0.2, 0) is 38.0 Å². The first-order chi connectivity index (χ1) is 21.2. The minimum atomic E-state index is -5.87. The number of hydrogen-bond acceptors (Lipinski definition) is 6. The molecule has 0 aliphatic heterocycles. The van der Waals surface area contributed by atoms with Gasteiger partial charge in [-0.15, -0.1) is 0 Å². The Bertz CT molecular complexity index is 1850. The summed E-state index contributed by atoms with van der Waals surface area (Å²) >= 11 is 6.02. The van der Waals surface area contributed by atoms with Crippen molar-refractivity contribution in [1.82, 2.24) is 4.31 Å². The average Bonchev–Trinajstić information content (AvgIpc) is 3.02. The zero-order valence-corrected chi connectivity index (χ0v) is 26.5. The standard InChI is InChI=1S/C31H29ClF2NO8PS/c1-42-28-8-3-4-9-29(28)45(40,41)35(20-22-12-15-26(27(32)18-22)31(33,34)44(37,38)39)17-16-21-10-13-23(14-11-21)24-6-5-7-25(19-24)30(36)43-2/h3-15,18-19H,16-17,20H2,1-2H3,(H2,37,38,39). The molecule has 4 aromatic rings. The van der Waals surface area contributed by atoms with Crippen molar-refractivity contribution in [2.75, 3.05) is 20.8 Å². The number of methoxy groups -OCH3 is 2. The van der Waals surface area contributed by atoms with Gasteiger partial charge in [-0.3, -0.25) is 4.57 Å². The Morgan fingerprint density at radius 3 is 2.20 bits per heavy atom. The number of esters is 1. The van der Waals surface area contributed by atoms with Crippen LogP contribution in [0.1, 0.15) is 27.0 Å². The molecule has 238 valence electrons. The van der Waals surface area contributed by atoms with Gasteiger partial charge in [-0.05, 0) is 59.0 Å². The largest absolute Gasteiger partial charge is 0.495 e. The summed E-state index contributed by atoms with van der Waals surface area (Å²) in [6.45, 7) is -0.324. The van der Waals surface area contributed by atoms with Crippen LogP contribution in [0.3, 0.4) is 0 Å². The molecule has 0 atom stereocenters. The van der Waals surface area contributed by atoms with Crippen molar-refractivity contribution in [3.8, 4) is 16.9 Å². The molecule has 0 amide bonds. The SMILES string of the molecule is COC(=O)c1cccc(-c2ccc(CCN(Cc3ccc(C(F)(F)P(=O)(O)O)c(Cl)c3)S(=O)(=O)c3ccccc3OC)cc2)c1. The number of carbonyl (C=O) groups is 1. The Hall–Kier alpha value is -3.64. The van der Waals surface area contributed by atoms with Crippen LogP contribution in [-0.4, -0.2) is 49.2 Å². The third-order valence-corrected chi connectivity index (χ3v) is 10.2. The molecular formula is C31H29ClF2NO8PS. The fraction of sp³-hybridized carbons (Fsp3) is 0.194. The lowest BCUT2D eigenvalue weighted by molar-refractivity contribution is 0.0565. The molecule has 4 rings (SSSR count). The molecule has 2 N–H and O–H groups in total. The molecule has 0 aliphatic carbocycles. The quantitative estimate of drug-likeness (QED) is 0.129. The fourth-order valence-electron chi connectivity index (χ4n) is 4.58. The van der Waals surface area contributed by atoms with Crippen molar-refractivity contribution in [2.45, 2.75) is 23.5 Å².